The number of amides is 1. The number of nitrogens with one attached hydrogen (secondary N) is 2. The Labute approximate surface area is 175 Å². The Bertz CT molecular complexity index is 545. The lowest BCUT2D eigenvalue weighted by molar-refractivity contribution is -0.116. The molecule has 1 aromatic carbocycles. The van der Waals surface area contributed by atoms with Crippen LogP contribution in [0.5, 0.6) is 0 Å². The molecule has 3 rings (SSSR count). The summed E-state index contributed by atoms with van der Waals surface area (Å²) in [5.74, 6) is 0.830. The van der Waals surface area contributed by atoms with E-state index < -0.39 is 0 Å². The van der Waals surface area contributed by atoms with Crippen molar-refractivity contribution in [2.75, 3.05) is 44.7 Å². The van der Waals surface area contributed by atoms with Gasteiger partial charge in [-0.2, -0.15) is 0 Å². The molecule has 27 heavy (non-hydrogen) atoms. The van der Waals surface area contributed by atoms with Gasteiger partial charge in [0.05, 0.1) is 13.2 Å². The molecule has 0 bridgehead atoms. The van der Waals surface area contributed by atoms with Crippen molar-refractivity contribution in [3.8, 4) is 0 Å². The average Bonchev–Trinajstić information content (AvgIpc) is 2.68. The highest BCUT2D eigenvalue weighted by Gasteiger charge is 2.18. The maximum absolute atomic E-state index is 12.2. The van der Waals surface area contributed by atoms with E-state index in [4.69, 9.17) is 4.74 Å². The summed E-state index contributed by atoms with van der Waals surface area (Å²) in [5, 5.41) is 6.41. The summed E-state index contributed by atoms with van der Waals surface area (Å²) in [6, 6.07) is 8.68. The molecule has 0 saturated carbocycles. The number of nitrogens with zero attached hydrogens (tertiary/aromatic N) is 1. The van der Waals surface area contributed by atoms with Crippen LogP contribution in [0.25, 0.3) is 0 Å². The van der Waals surface area contributed by atoms with Crippen molar-refractivity contribution in [1.82, 2.24) is 10.2 Å². The second kappa shape index (κ2) is 12.6. The molecule has 2 N–H and O–H groups in total. The first-order chi connectivity index (χ1) is 12.2. The number of piperidine rings is 1. The maximum Gasteiger partial charge on any atom is 0.224 e. The van der Waals surface area contributed by atoms with E-state index in [0.717, 1.165) is 51.5 Å². The van der Waals surface area contributed by atoms with Crippen LogP contribution in [0.15, 0.2) is 24.3 Å². The maximum atomic E-state index is 12.2. The number of hydrogen-bond donors (Lipinski definition) is 2. The fourth-order valence-corrected chi connectivity index (χ4v) is 3.75. The number of carbonyl (C=O) groups is 1. The highest BCUT2D eigenvalue weighted by Crippen LogP contribution is 2.23. The smallest absolute Gasteiger partial charge is 0.224 e. The lowest BCUT2D eigenvalue weighted by atomic mass is 9.93. The molecule has 2 heterocycles. The van der Waals surface area contributed by atoms with Gasteiger partial charge in [-0.05, 0) is 62.9 Å². The first-order valence-corrected chi connectivity index (χ1v) is 9.64. The van der Waals surface area contributed by atoms with Gasteiger partial charge in [-0.25, -0.2) is 0 Å². The fraction of sp³-hybridized carbons (Fsp3) is 0.650. The Morgan fingerprint density at radius 1 is 1.19 bits per heavy atom. The van der Waals surface area contributed by atoms with Gasteiger partial charge in [0.2, 0.25) is 5.91 Å². The van der Waals surface area contributed by atoms with Crippen LogP contribution in [-0.4, -0.2) is 50.2 Å². The normalized spacial score (nSPS) is 19.4. The number of hydrogen-bond acceptors (Lipinski definition) is 4. The van der Waals surface area contributed by atoms with Gasteiger partial charge in [0, 0.05) is 31.2 Å². The van der Waals surface area contributed by atoms with Crippen LogP contribution in [0, 0.1) is 5.92 Å². The molecule has 2 fully saturated rings. The molecule has 154 valence electrons. The Morgan fingerprint density at radius 3 is 2.44 bits per heavy atom. The molecular formula is C20H33Cl2N3O2. The molecule has 0 aromatic heterocycles. The lowest BCUT2D eigenvalue weighted by Crippen LogP contribution is -2.37. The summed E-state index contributed by atoms with van der Waals surface area (Å²) < 4.78 is 5.42. The van der Waals surface area contributed by atoms with E-state index in [1.807, 2.05) is 12.1 Å². The molecule has 2 saturated heterocycles. The standard InChI is InChI=1S/C20H31N3O2.2ClH/c1-16(23-12-14-25-15-13-23)18-3-5-19(6-4-18)22-20(24)7-2-17-8-10-21-11-9-17;;/h3-6,16-17,21H,2,7-15H2,1H3,(H,22,24);2*1H. The Morgan fingerprint density at radius 2 is 1.81 bits per heavy atom. The fourth-order valence-electron chi connectivity index (χ4n) is 3.75. The van der Waals surface area contributed by atoms with Crippen LogP contribution in [0.1, 0.15) is 44.2 Å². The number of ether oxygens (including phenoxy) is 1. The highest BCUT2D eigenvalue weighted by atomic mass is 35.5. The van der Waals surface area contributed by atoms with Crippen LogP contribution >= 0.6 is 24.8 Å². The summed E-state index contributed by atoms with van der Waals surface area (Å²) in [5.41, 5.74) is 2.18. The Kier molecular flexibility index (Phi) is 11.3. The molecule has 1 unspecified atom stereocenters. The zero-order valence-corrected chi connectivity index (χ0v) is 17.7. The topological polar surface area (TPSA) is 53.6 Å². The van der Waals surface area contributed by atoms with Crippen molar-refractivity contribution in [3.63, 3.8) is 0 Å². The second-order valence-corrected chi connectivity index (χ2v) is 7.23. The van der Waals surface area contributed by atoms with E-state index >= 15 is 0 Å². The van der Waals surface area contributed by atoms with Gasteiger partial charge in [0.25, 0.3) is 0 Å². The molecule has 0 spiro atoms. The summed E-state index contributed by atoms with van der Waals surface area (Å²) in [4.78, 5) is 14.6. The Balaban J connectivity index is 0.00000182. The largest absolute Gasteiger partial charge is 0.379 e. The second-order valence-electron chi connectivity index (χ2n) is 7.23. The minimum absolute atomic E-state index is 0. The molecule has 1 atom stereocenters. The quantitative estimate of drug-likeness (QED) is 0.741. The molecule has 0 aliphatic carbocycles. The van der Waals surface area contributed by atoms with Gasteiger partial charge < -0.3 is 15.4 Å². The number of halogens is 2. The third kappa shape index (κ3) is 7.59. The summed E-state index contributed by atoms with van der Waals surface area (Å²) in [7, 11) is 0. The average molecular weight is 418 g/mol. The zero-order valence-electron chi connectivity index (χ0n) is 16.1. The number of morpholine rings is 1. The van der Waals surface area contributed by atoms with Crippen molar-refractivity contribution in [3.05, 3.63) is 29.8 Å². The van der Waals surface area contributed by atoms with E-state index in [-0.39, 0.29) is 30.7 Å². The van der Waals surface area contributed by atoms with E-state index in [1.54, 1.807) is 0 Å². The first kappa shape index (κ1) is 24.2. The minimum Gasteiger partial charge on any atom is -0.379 e. The van der Waals surface area contributed by atoms with Gasteiger partial charge in [-0.1, -0.05) is 12.1 Å². The van der Waals surface area contributed by atoms with Crippen molar-refractivity contribution in [2.45, 2.75) is 38.6 Å². The van der Waals surface area contributed by atoms with Crippen molar-refractivity contribution < 1.29 is 9.53 Å². The lowest BCUT2D eigenvalue weighted by Gasteiger charge is -2.32. The van der Waals surface area contributed by atoms with Crippen molar-refractivity contribution >= 4 is 36.4 Å². The van der Waals surface area contributed by atoms with Crippen LogP contribution in [0.4, 0.5) is 5.69 Å². The summed E-state index contributed by atoms with van der Waals surface area (Å²) in [6.45, 7) is 8.01. The van der Waals surface area contributed by atoms with Crippen molar-refractivity contribution in [1.29, 1.82) is 0 Å². The van der Waals surface area contributed by atoms with E-state index in [9.17, 15) is 4.79 Å². The molecule has 1 amide bonds. The van der Waals surface area contributed by atoms with Crippen LogP contribution in [0.3, 0.4) is 0 Å². The van der Waals surface area contributed by atoms with Crippen LogP contribution < -0.4 is 10.6 Å². The summed E-state index contributed by atoms with van der Waals surface area (Å²) in [6.07, 6.45) is 4.01. The van der Waals surface area contributed by atoms with Crippen molar-refractivity contribution in [2.24, 2.45) is 5.92 Å². The first-order valence-electron chi connectivity index (χ1n) is 9.64. The third-order valence-electron chi connectivity index (χ3n) is 5.51. The van der Waals surface area contributed by atoms with E-state index in [2.05, 4.69) is 34.6 Å². The van der Waals surface area contributed by atoms with Gasteiger partial charge in [-0.3, -0.25) is 9.69 Å². The molecule has 7 heteroatoms. The molecular weight excluding hydrogens is 385 g/mol. The minimum atomic E-state index is 0. The number of carbonyl (C=O) groups excluding carboxylic acids is 1. The molecule has 5 nitrogen and oxygen atoms in total. The molecule has 1 aromatic rings. The van der Waals surface area contributed by atoms with Gasteiger partial charge in [-0.15, -0.1) is 24.8 Å². The molecule has 2 aliphatic rings. The van der Waals surface area contributed by atoms with Crippen LogP contribution in [-0.2, 0) is 9.53 Å². The Hall–Kier alpha value is -0.850. The number of anilines is 1. The van der Waals surface area contributed by atoms with E-state index in [0.29, 0.717) is 18.4 Å². The van der Waals surface area contributed by atoms with E-state index in [1.165, 1.54) is 18.4 Å². The summed E-state index contributed by atoms with van der Waals surface area (Å²) >= 11 is 0. The predicted octanol–water partition coefficient (Wildman–Crippen LogP) is 3.64. The predicted molar refractivity (Wildman–Crippen MR) is 115 cm³/mol. The molecule has 0 radical (unpaired) electrons. The number of rotatable bonds is 6. The number of benzene rings is 1. The van der Waals surface area contributed by atoms with Crippen LogP contribution in [0.2, 0.25) is 0 Å². The monoisotopic (exact) mass is 417 g/mol. The highest BCUT2D eigenvalue weighted by molar-refractivity contribution is 5.90. The SMILES string of the molecule is CC(c1ccc(NC(=O)CCC2CCNCC2)cc1)N1CCOCC1.Cl.Cl. The third-order valence-corrected chi connectivity index (χ3v) is 5.51. The molecule has 2 aliphatic heterocycles. The van der Waals surface area contributed by atoms with Gasteiger partial charge >= 0.3 is 0 Å². The zero-order chi connectivity index (χ0) is 17.5. The van der Waals surface area contributed by atoms with Gasteiger partial charge in [0.1, 0.15) is 0 Å². The van der Waals surface area contributed by atoms with Gasteiger partial charge in [0.15, 0.2) is 0 Å².